The molecule has 0 aromatic heterocycles. The van der Waals surface area contributed by atoms with Crippen LogP contribution in [0.4, 0.5) is 4.79 Å². The van der Waals surface area contributed by atoms with Crippen LogP contribution in [0.15, 0.2) is 0 Å². The summed E-state index contributed by atoms with van der Waals surface area (Å²) in [5.41, 5.74) is -0.412. The van der Waals surface area contributed by atoms with Gasteiger partial charge >= 0.3 is 6.09 Å². The molecule has 4 heteroatoms. The molecule has 104 valence electrons. The summed E-state index contributed by atoms with van der Waals surface area (Å²) >= 11 is 0. The minimum atomic E-state index is -0.412. The number of ether oxygens (including phenoxy) is 1. The van der Waals surface area contributed by atoms with Crippen molar-refractivity contribution in [3.8, 4) is 0 Å². The van der Waals surface area contributed by atoms with E-state index in [0.717, 1.165) is 19.4 Å². The lowest BCUT2D eigenvalue weighted by Crippen LogP contribution is -2.49. The van der Waals surface area contributed by atoms with Crippen molar-refractivity contribution in [1.29, 1.82) is 0 Å². The van der Waals surface area contributed by atoms with Crippen molar-refractivity contribution in [2.24, 2.45) is 0 Å². The molecule has 1 N–H and O–H groups in total. The Bertz CT molecular complexity index is 311. The fourth-order valence-corrected chi connectivity index (χ4v) is 3.04. The maximum atomic E-state index is 12.4. The van der Waals surface area contributed by atoms with Crippen molar-refractivity contribution >= 4 is 6.09 Å². The number of nitrogens with zero attached hydrogens (tertiary/aromatic N) is 1. The summed E-state index contributed by atoms with van der Waals surface area (Å²) in [4.78, 5) is 14.3. The first kappa shape index (κ1) is 13.7. The summed E-state index contributed by atoms with van der Waals surface area (Å²) in [7, 11) is 0. The van der Waals surface area contributed by atoms with Crippen LogP contribution in [0.2, 0.25) is 0 Å². The first-order chi connectivity index (χ1) is 8.37. The minimum Gasteiger partial charge on any atom is -0.444 e. The Morgan fingerprint density at radius 1 is 1.33 bits per heavy atom. The molecule has 4 nitrogen and oxygen atoms in total. The lowest BCUT2D eigenvalue weighted by molar-refractivity contribution is 0.00586. The third-order valence-electron chi connectivity index (χ3n) is 3.82. The molecule has 0 aromatic carbocycles. The highest BCUT2D eigenvalue weighted by Crippen LogP contribution is 2.28. The van der Waals surface area contributed by atoms with Crippen molar-refractivity contribution in [3.63, 3.8) is 0 Å². The van der Waals surface area contributed by atoms with Crippen LogP contribution in [-0.4, -0.2) is 41.3 Å². The van der Waals surface area contributed by atoms with Gasteiger partial charge in [0.1, 0.15) is 5.60 Å². The molecule has 2 aliphatic rings. The Hall–Kier alpha value is -0.770. The van der Waals surface area contributed by atoms with Gasteiger partial charge in [-0.1, -0.05) is 0 Å². The van der Waals surface area contributed by atoms with Crippen LogP contribution in [0.3, 0.4) is 0 Å². The van der Waals surface area contributed by atoms with Gasteiger partial charge in [0, 0.05) is 24.7 Å². The van der Waals surface area contributed by atoms with Gasteiger partial charge in [0.05, 0.1) is 0 Å². The van der Waals surface area contributed by atoms with E-state index in [-0.39, 0.29) is 12.1 Å². The molecule has 2 rings (SSSR count). The molecule has 18 heavy (non-hydrogen) atoms. The van der Waals surface area contributed by atoms with Crippen LogP contribution in [0.5, 0.6) is 0 Å². The predicted octanol–water partition coefficient (Wildman–Crippen LogP) is 2.53. The van der Waals surface area contributed by atoms with Crippen molar-refractivity contribution in [3.05, 3.63) is 0 Å². The van der Waals surface area contributed by atoms with Crippen LogP contribution >= 0.6 is 0 Å². The molecule has 1 amide bonds. The zero-order valence-corrected chi connectivity index (χ0v) is 12.0. The Morgan fingerprint density at radius 3 is 2.72 bits per heavy atom. The topological polar surface area (TPSA) is 41.6 Å². The molecule has 3 unspecified atom stereocenters. The van der Waals surface area contributed by atoms with Crippen molar-refractivity contribution in [2.45, 2.75) is 77.1 Å². The largest absolute Gasteiger partial charge is 0.444 e. The van der Waals surface area contributed by atoms with Gasteiger partial charge in [-0.3, -0.25) is 0 Å². The summed E-state index contributed by atoms with van der Waals surface area (Å²) in [5.74, 6) is 0. The summed E-state index contributed by atoms with van der Waals surface area (Å²) in [5, 5.41) is 3.56. The van der Waals surface area contributed by atoms with E-state index in [0.29, 0.717) is 12.1 Å². The molecule has 1 aliphatic heterocycles. The highest BCUT2D eigenvalue weighted by atomic mass is 16.6. The van der Waals surface area contributed by atoms with Crippen LogP contribution in [0.25, 0.3) is 0 Å². The predicted molar refractivity (Wildman–Crippen MR) is 71.6 cm³/mol. The van der Waals surface area contributed by atoms with Crippen LogP contribution < -0.4 is 5.32 Å². The Balaban J connectivity index is 2.10. The monoisotopic (exact) mass is 254 g/mol. The van der Waals surface area contributed by atoms with E-state index in [1.807, 2.05) is 25.7 Å². The molecule has 3 atom stereocenters. The van der Waals surface area contributed by atoms with Gasteiger partial charge in [-0.25, -0.2) is 4.79 Å². The molecule has 0 spiro atoms. The molecular weight excluding hydrogens is 228 g/mol. The highest BCUT2D eigenvalue weighted by molar-refractivity contribution is 5.69. The van der Waals surface area contributed by atoms with Gasteiger partial charge in [0.2, 0.25) is 0 Å². The fourth-order valence-electron chi connectivity index (χ4n) is 3.04. The van der Waals surface area contributed by atoms with Gasteiger partial charge in [-0.05, 0) is 53.4 Å². The Labute approximate surface area is 110 Å². The number of carbonyl (C=O) groups excluding carboxylic acids is 1. The van der Waals surface area contributed by atoms with Crippen molar-refractivity contribution in [1.82, 2.24) is 10.2 Å². The van der Waals surface area contributed by atoms with E-state index in [2.05, 4.69) is 12.2 Å². The summed E-state index contributed by atoms with van der Waals surface area (Å²) in [6.45, 7) is 8.76. The van der Waals surface area contributed by atoms with Gasteiger partial charge < -0.3 is 15.0 Å². The standard InChI is InChI=1S/C14H26N2O2/c1-10-9-15-11-6-5-7-12(8-11)16(10)13(17)18-14(2,3)4/h10-12,15H,5-9H2,1-4H3. The SMILES string of the molecule is CC1CNC2CCCC(C2)N1C(=O)OC(C)(C)C. The van der Waals surface area contributed by atoms with E-state index in [1.54, 1.807) is 0 Å². The third kappa shape index (κ3) is 3.16. The quantitative estimate of drug-likeness (QED) is 0.722. The molecule has 2 bridgehead atoms. The molecule has 1 saturated carbocycles. The number of carbonyl (C=O) groups is 1. The van der Waals surface area contributed by atoms with E-state index in [9.17, 15) is 4.79 Å². The number of hydrogen-bond donors (Lipinski definition) is 1. The van der Waals surface area contributed by atoms with Crippen LogP contribution in [0, 0.1) is 0 Å². The highest BCUT2D eigenvalue weighted by Gasteiger charge is 2.37. The fraction of sp³-hybridized carbons (Fsp3) is 0.929. The molecule has 1 aliphatic carbocycles. The maximum Gasteiger partial charge on any atom is 0.410 e. The molecule has 1 saturated heterocycles. The first-order valence-electron chi connectivity index (χ1n) is 7.11. The zero-order chi connectivity index (χ0) is 13.3. The Morgan fingerprint density at radius 2 is 2.06 bits per heavy atom. The number of rotatable bonds is 0. The second-order valence-corrected chi connectivity index (χ2v) is 6.66. The molecular formula is C14H26N2O2. The first-order valence-corrected chi connectivity index (χ1v) is 7.11. The number of fused-ring (bicyclic) bond motifs is 2. The second-order valence-electron chi connectivity index (χ2n) is 6.66. The maximum absolute atomic E-state index is 12.4. The number of nitrogens with one attached hydrogen (secondary N) is 1. The smallest absolute Gasteiger partial charge is 0.410 e. The molecule has 1 heterocycles. The van der Waals surface area contributed by atoms with Crippen LogP contribution in [-0.2, 0) is 4.74 Å². The van der Waals surface area contributed by atoms with Gasteiger partial charge in [-0.15, -0.1) is 0 Å². The second kappa shape index (κ2) is 5.08. The van der Waals surface area contributed by atoms with Crippen molar-refractivity contribution in [2.75, 3.05) is 6.54 Å². The summed E-state index contributed by atoms with van der Waals surface area (Å²) in [6.07, 6.45) is 4.48. The Kier molecular flexibility index (Phi) is 3.85. The van der Waals surface area contributed by atoms with Gasteiger partial charge in [0.25, 0.3) is 0 Å². The molecule has 2 fully saturated rings. The van der Waals surface area contributed by atoms with E-state index in [1.165, 1.54) is 12.8 Å². The average Bonchev–Trinajstić information content (AvgIpc) is 2.34. The lowest BCUT2D eigenvalue weighted by Gasteiger charge is -2.37. The normalized spacial score (nSPS) is 32.9. The van der Waals surface area contributed by atoms with E-state index in [4.69, 9.17) is 4.74 Å². The summed E-state index contributed by atoms with van der Waals surface area (Å²) in [6, 6.07) is 1.15. The summed E-state index contributed by atoms with van der Waals surface area (Å²) < 4.78 is 5.55. The lowest BCUT2D eigenvalue weighted by atomic mass is 9.91. The van der Waals surface area contributed by atoms with Crippen molar-refractivity contribution < 1.29 is 9.53 Å². The van der Waals surface area contributed by atoms with Gasteiger partial charge in [0.15, 0.2) is 0 Å². The van der Waals surface area contributed by atoms with Gasteiger partial charge in [-0.2, -0.15) is 0 Å². The molecule has 0 radical (unpaired) electrons. The number of hydrogen-bond acceptors (Lipinski definition) is 3. The van der Waals surface area contributed by atoms with E-state index >= 15 is 0 Å². The average molecular weight is 254 g/mol. The molecule has 0 aromatic rings. The zero-order valence-electron chi connectivity index (χ0n) is 12.0. The third-order valence-corrected chi connectivity index (χ3v) is 3.82. The van der Waals surface area contributed by atoms with E-state index < -0.39 is 5.60 Å². The number of amides is 1. The van der Waals surface area contributed by atoms with Crippen LogP contribution in [0.1, 0.15) is 53.4 Å². The minimum absolute atomic E-state index is 0.149.